The molecule has 0 bridgehead atoms. The van der Waals surface area contributed by atoms with Gasteiger partial charge in [-0.15, -0.1) is 22.0 Å². The third kappa shape index (κ3) is 4.15. The van der Waals surface area contributed by atoms with E-state index in [-0.39, 0.29) is 11.7 Å². The number of thioether (sulfide) groups is 1. The van der Waals surface area contributed by atoms with Gasteiger partial charge >= 0.3 is 0 Å². The Morgan fingerprint density at radius 2 is 1.78 bits per heavy atom. The number of hydrogen-bond donors (Lipinski definition) is 1. The summed E-state index contributed by atoms with van der Waals surface area (Å²) < 4.78 is 5.79. The van der Waals surface area contributed by atoms with Crippen LogP contribution in [-0.4, -0.2) is 28.9 Å². The highest BCUT2D eigenvalue weighted by molar-refractivity contribution is 7.98. The van der Waals surface area contributed by atoms with Crippen LogP contribution in [0.4, 0.5) is 0 Å². The van der Waals surface area contributed by atoms with Gasteiger partial charge in [0.1, 0.15) is 0 Å². The van der Waals surface area contributed by atoms with Gasteiger partial charge < -0.3 is 10.2 Å². The first-order valence-electron chi connectivity index (χ1n) is 8.18. The molecule has 0 saturated carbocycles. The van der Waals surface area contributed by atoms with Crippen molar-refractivity contribution in [2.24, 2.45) is 15.7 Å². The Bertz CT molecular complexity index is 1010. The number of nitrogens with two attached hydrogens (primary N) is 1. The van der Waals surface area contributed by atoms with E-state index in [9.17, 15) is 0 Å². The molecule has 0 amide bonds. The van der Waals surface area contributed by atoms with Crippen molar-refractivity contribution in [2.45, 2.75) is 11.8 Å². The monoisotopic (exact) mass is 377 g/mol. The van der Waals surface area contributed by atoms with Crippen LogP contribution in [0.25, 0.3) is 17.2 Å². The van der Waals surface area contributed by atoms with Crippen LogP contribution in [0.1, 0.15) is 18.4 Å². The summed E-state index contributed by atoms with van der Waals surface area (Å²) >= 11 is 1.65. The van der Waals surface area contributed by atoms with Crippen molar-refractivity contribution in [3.8, 4) is 11.5 Å². The molecule has 2 N–H and O–H groups in total. The molecule has 0 fully saturated rings. The summed E-state index contributed by atoms with van der Waals surface area (Å²) in [5.41, 5.74) is 8.88. The van der Waals surface area contributed by atoms with Crippen LogP contribution in [0.2, 0.25) is 0 Å². The zero-order valence-corrected chi connectivity index (χ0v) is 15.9. The lowest BCUT2D eigenvalue weighted by molar-refractivity contribution is 0.551. The molecule has 3 rings (SSSR count). The van der Waals surface area contributed by atoms with Crippen LogP contribution in [0.15, 0.2) is 79.7 Å². The lowest BCUT2D eigenvalue weighted by atomic mass is 10.1. The Hall–Kier alpha value is -3.19. The Morgan fingerprint density at radius 1 is 1.07 bits per heavy atom. The maximum atomic E-state index is 6.00. The number of benzene rings is 2. The van der Waals surface area contributed by atoms with Gasteiger partial charge in [0.15, 0.2) is 11.5 Å². The molecule has 6 nitrogen and oxygen atoms in total. The van der Waals surface area contributed by atoms with Gasteiger partial charge in [-0.05, 0) is 38.1 Å². The maximum Gasteiger partial charge on any atom is 0.270 e. The lowest BCUT2D eigenvalue weighted by Gasteiger charge is -2.07. The van der Waals surface area contributed by atoms with Gasteiger partial charge in [0.05, 0.1) is 0 Å². The Kier molecular flexibility index (Phi) is 5.83. The molecule has 136 valence electrons. The van der Waals surface area contributed by atoms with Crippen molar-refractivity contribution in [2.75, 3.05) is 6.26 Å². The third-order valence-corrected chi connectivity index (χ3v) is 4.63. The Morgan fingerprint density at radius 3 is 2.48 bits per heavy atom. The summed E-state index contributed by atoms with van der Waals surface area (Å²) in [5.74, 6) is 0.705. The van der Waals surface area contributed by atoms with Crippen LogP contribution in [-0.2, 0) is 0 Å². The zero-order chi connectivity index (χ0) is 19.2. The van der Waals surface area contributed by atoms with Crippen molar-refractivity contribution in [3.63, 3.8) is 0 Å². The normalized spacial score (nSPS) is 12.6. The maximum absolute atomic E-state index is 6.00. The van der Waals surface area contributed by atoms with E-state index in [1.54, 1.807) is 11.8 Å². The lowest BCUT2D eigenvalue weighted by Crippen LogP contribution is -2.03. The van der Waals surface area contributed by atoms with E-state index in [1.165, 1.54) is 0 Å². The van der Waals surface area contributed by atoms with Crippen LogP contribution in [0.5, 0.6) is 0 Å². The molecule has 0 atom stereocenters. The van der Waals surface area contributed by atoms with Gasteiger partial charge in [-0.1, -0.05) is 36.4 Å². The van der Waals surface area contributed by atoms with E-state index in [2.05, 4.69) is 26.9 Å². The van der Waals surface area contributed by atoms with Crippen molar-refractivity contribution in [3.05, 3.63) is 71.9 Å². The highest BCUT2D eigenvalue weighted by Gasteiger charge is 2.16. The van der Waals surface area contributed by atoms with Crippen molar-refractivity contribution < 1.29 is 4.42 Å². The highest BCUT2D eigenvalue weighted by Crippen LogP contribution is 2.26. The standard InChI is InChI=1S/C20H19N5OS/c1-13(15-11-7-8-12-16(15)27-3)23-17(18(21)22-2)20-25-24-19(26-20)14-9-5-4-6-10-14/h4-12H,2,21H2,1,3H3/b18-17-,23-13+. The number of aromatic nitrogens is 2. The summed E-state index contributed by atoms with van der Waals surface area (Å²) in [7, 11) is 0. The zero-order valence-electron chi connectivity index (χ0n) is 15.1. The summed E-state index contributed by atoms with van der Waals surface area (Å²) in [5, 5.41) is 8.19. The fourth-order valence-corrected chi connectivity index (χ4v) is 3.13. The van der Waals surface area contributed by atoms with Gasteiger partial charge in [0, 0.05) is 21.7 Å². The number of aliphatic imine (C=N–C) groups is 2. The molecular weight excluding hydrogens is 358 g/mol. The van der Waals surface area contributed by atoms with Crippen LogP contribution in [0.3, 0.4) is 0 Å². The highest BCUT2D eigenvalue weighted by atomic mass is 32.2. The third-order valence-electron chi connectivity index (χ3n) is 3.84. The van der Waals surface area contributed by atoms with Crippen molar-refractivity contribution >= 4 is 29.9 Å². The van der Waals surface area contributed by atoms with E-state index in [1.807, 2.05) is 67.8 Å². The minimum atomic E-state index is 0.124. The first-order valence-corrected chi connectivity index (χ1v) is 9.41. The van der Waals surface area contributed by atoms with Crippen LogP contribution in [0, 0.1) is 0 Å². The first kappa shape index (κ1) is 18.6. The number of rotatable bonds is 6. The predicted molar refractivity (Wildman–Crippen MR) is 111 cm³/mol. The molecule has 27 heavy (non-hydrogen) atoms. The molecule has 3 aromatic rings. The SMILES string of the molecule is C=N/C(N)=C(\N=C(/C)c1ccccc1SC)c1nnc(-c2ccccc2)o1. The summed E-state index contributed by atoms with van der Waals surface area (Å²) in [6, 6.07) is 17.5. The topological polar surface area (TPSA) is 89.7 Å². The van der Waals surface area contributed by atoms with Crippen LogP contribution < -0.4 is 5.73 Å². The second-order valence-electron chi connectivity index (χ2n) is 5.57. The quantitative estimate of drug-likeness (QED) is 0.512. The largest absolute Gasteiger partial charge is 0.414 e. The average molecular weight is 377 g/mol. The molecule has 1 heterocycles. The molecule has 0 aliphatic heterocycles. The fourth-order valence-electron chi connectivity index (χ4n) is 2.48. The van der Waals surface area contributed by atoms with Gasteiger partial charge in [-0.2, -0.15) is 0 Å². The Labute approximate surface area is 162 Å². The molecular formula is C20H19N5OS. The molecule has 0 aliphatic carbocycles. The molecule has 0 saturated heterocycles. The summed E-state index contributed by atoms with van der Waals surface area (Å²) in [4.78, 5) is 9.55. The van der Waals surface area contributed by atoms with Crippen LogP contribution >= 0.6 is 11.8 Å². The average Bonchev–Trinajstić information content (AvgIpc) is 3.21. The minimum Gasteiger partial charge on any atom is -0.414 e. The fraction of sp³-hybridized carbons (Fsp3) is 0.100. The first-order chi connectivity index (χ1) is 13.1. The molecule has 0 radical (unpaired) electrons. The van der Waals surface area contributed by atoms with E-state index >= 15 is 0 Å². The van der Waals surface area contributed by atoms with E-state index in [4.69, 9.17) is 10.2 Å². The molecule has 0 unspecified atom stereocenters. The molecule has 7 heteroatoms. The predicted octanol–water partition coefficient (Wildman–Crippen LogP) is 4.25. The molecule has 0 aliphatic rings. The van der Waals surface area contributed by atoms with Gasteiger partial charge in [0.25, 0.3) is 5.89 Å². The number of nitrogens with zero attached hydrogens (tertiary/aromatic N) is 4. The van der Waals surface area contributed by atoms with E-state index in [0.29, 0.717) is 11.6 Å². The molecule has 0 spiro atoms. The second kappa shape index (κ2) is 8.46. The van der Waals surface area contributed by atoms with Gasteiger partial charge in [0.2, 0.25) is 5.89 Å². The molecule has 1 aromatic heterocycles. The van der Waals surface area contributed by atoms with Gasteiger partial charge in [-0.3, -0.25) is 0 Å². The smallest absolute Gasteiger partial charge is 0.270 e. The second-order valence-corrected chi connectivity index (χ2v) is 6.42. The summed E-state index contributed by atoms with van der Waals surface area (Å²) in [6.45, 7) is 5.39. The van der Waals surface area contributed by atoms with Gasteiger partial charge in [-0.25, -0.2) is 9.98 Å². The van der Waals surface area contributed by atoms with E-state index in [0.717, 1.165) is 21.7 Å². The number of hydrogen-bond acceptors (Lipinski definition) is 7. The van der Waals surface area contributed by atoms with Crippen molar-refractivity contribution in [1.29, 1.82) is 0 Å². The Balaban J connectivity index is 2.04. The van der Waals surface area contributed by atoms with Crippen molar-refractivity contribution in [1.82, 2.24) is 10.2 Å². The molecule has 2 aromatic carbocycles. The minimum absolute atomic E-state index is 0.124. The summed E-state index contributed by atoms with van der Waals surface area (Å²) in [6.07, 6.45) is 2.02. The van der Waals surface area contributed by atoms with E-state index < -0.39 is 0 Å².